The van der Waals surface area contributed by atoms with Crippen LogP contribution >= 0.6 is 0 Å². The molecule has 0 saturated carbocycles. The van der Waals surface area contributed by atoms with Gasteiger partial charge < -0.3 is 24.1 Å². The average molecular weight is 958 g/mol. The Bertz CT molecular complexity index is 1230. The number of rotatable bonds is 50. The van der Waals surface area contributed by atoms with E-state index in [1.165, 1.54) is 135 Å². The molecular formula is C60H108O8. The molecule has 1 aliphatic rings. The second-order valence-corrected chi connectivity index (χ2v) is 20.0. The summed E-state index contributed by atoms with van der Waals surface area (Å²) in [7, 11) is 0. The van der Waals surface area contributed by atoms with Crippen LogP contribution in [0.3, 0.4) is 0 Å². The Hall–Kier alpha value is -2.45. The summed E-state index contributed by atoms with van der Waals surface area (Å²) >= 11 is 0. The van der Waals surface area contributed by atoms with Gasteiger partial charge in [-0.1, -0.05) is 211 Å². The molecule has 8 nitrogen and oxygen atoms in total. The molecule has 0 aromatic heterocycles. The van der Waals surface area contributed by atoms with Crippen molar-refractivity contribution >= 4 is 17.9 Å². The topological polar surface area (TPSA) is 108 Å². The van der Waals surface area contributed by atoms with Gasteiger partial charge in [0.2, 0.25) is 0 Å². The number of aliphatic hydroxyl groups is 1. The van der Waals surface area contributed by atoms with Crippen molar-refractivity contribution in [2.75, 3.05) is 13.2 Å². The Balaban J connectivity index is 2.51. The molecule has 1 fully saturated rings. The van der Waals surface area contributed by atoms with Crippen molar-refractivity contribution in [3.8, 4) is 0 Å². The van der Waals surface area contributed by atoms with Crippen LogP contribution in [0.25, 0.3) is 0 Å². The third-order valence-corrected chi connectivity index (χ3v) is 13.5. The zero-order valence-corrected chi connectivity index (χ0v) is 44.7. The first-order chi connectivity index (χ1) is 33.5. The lowest BCUT2D eigenvalue weighted by Crippen LogP contribution is -2.46. The van der Waals surface area contributed by atoms with Crippen molar-refractivity contribution < 1.29 is 38.4 Å². The molecule has 0 bridgehead atoms. The van der Waals surface area contributed by atoms with E-state index < -0.39 is 43.0 Å². The molecule has 0 radical (unpaired) electrons. The summed E-state index contributed by atoms with van der Waals surface area (Å²) in [6.45, 7) is 6.30. The van der Waals surface area contributed by atoms with Gasteiger partial charge in [-0.3, -0.25) is 14.4 Å². The van der Waals surface area contributed by atoms with Crippen LogP contribution in [0.4, 0.5) is 0 Å². The maximum atomic E-state index is 13.2. The maximum absolute atomic E-state index is 13.2. The lowest BCUT2D eigenvalue weighted by molar-refractivity contribution is -0.175. The monoisotopic (exact) mass is 957 g/mol. The van der Waals surface area contributed by atoms with Crippen molar-refractivity contribution in [2.24, 2.45) is 0 Å². The van der Waals surface area contributed by atoms with Crippen LogP contribution < -0.4 is 0 Å². The van der Waals surface area contributed by atoms with Crippen LogP contribution in [0.15, 0.2) is 36.5 Å². The largest absolute Gasteiger partial charge is 0.457 e. The van der Waals surface area contributed by atoms with Crippen molar-refractivity contribution in [3.05, 3.63) is 36.5 Å². The number of ether oxygens (including phenoxy) is 4. The first-order valence-corrected chi connectivity index (χ1v) is 29.2. The molecule has 8 heteroatoms. The highest BCUT2D eigenvalue weighted by molar-refractivity contribution is 5.71. The van der Waals surface area contributed by atoms with Gasteiger partial charge in [-0.05, 0) is 96.3 Å². The first kappa shape index (κ1) is 63.6. The summed E-state index contributed by atoms with van der Waals surface area (Å²) in [6.07, 6.45) is 56.9. The van der Waals surface area contributed by atoms with Crippen molar-refractivity contribution in [2.45, 2.75) is 315 Å². The van der Waals surface area contributed by atoms with Gasteiger partial charge in [0.1, 0.15) is 6.10 Å². The third kappa shape index (κ3) is 39.3. The number of allylic oxidation sites excluding steroid dienone is 6. The summed E-state index contributed by atoms with van der Waals surface area (Å²) in [4.78, 5) is 39.3. The fourth-order valence-corrected chi connectivity index (χ4v) is 9.06. The molecule has 0 amide bonds. The molecule has 0 unspecified atom stereocenters. The van der Waals surface area contributed by atoms with Gasteiger partial charge in [0.05, 0.1) is 13.2 Å². The molecule has 1 heterocycles. The molecule has 4 atom stereocenters. The molecule has 1 aliphatic heterocycles. The van der Waals surface area contributed by atoms with Gasteiger partial charge in [-0.15, -0.1) is 0 Å². The van der Waals surface area contributed by atoms with E-state index >= 15 is 0 Å². The van der Waals surface area contributed by atoms with E-state index in [1.54, 1.807) is 0 Å². The smallest absolute Gasteiger partial charge is 0.306 e. The third-order valence-electron chi connectivity index (χ3n) is 13.5. The number of esters is 3. The molecule has 0 aromatic rings. The zero-order valence-electron chi connectivity index (χ0n) is 44.7. The van der Waals surface area contributed by atoms with Crippen LogP contribution in [0, 0.1) is 0 Å². The maximum Gasteiger partial charge on any atom is 0.306 e. The minimum Gasteiger partial charge on any atom is -0.457 e. The molecule has 1 N–H and O–H groups in total. The van der Waals surface area contributed by atoms with E-state index in [0.717, 1.165) is 103 Å². The Morgan fingerprint density at radius 2 is 0.721 bits per heavy atom. The van der Waals surface area contributed by atoms with Crippen LogP contribution in [0.1, 0.15) is 290 Å². The summed E-state index contributed by atoms with van der Waals surface area (Å²) in [5.74, 6) is -1.15. The molecule has 396 valence electrons. The molecule has 1 rings (SSSR count). The van der Waals surface area contributed by atoms with Gasteiger partial charge in [0, 0.05) is 19.3 Å². The highest BCUT2D eigenvalue weighted by atomic mass is 16.6. The summed E-state index contributed by atoms with van der Waals surface area (Å²) in [5.41, 5.74) is 0. The molecule has 68 heavy (non-hydrogen) atoms. The van der Waals surface area contributed by atoms with Crippen LogP contribution in [0.5, 0.6) is 0 Å². The SMILES string of the molecule is CCCCCCCC/C=C\CCCCCCCC(=O)O[C@H]1[C@@H]([C@@H](CO)OC(=O)CCCCCCC/C=C\CCCCCCCC)OC[C@@H]1OC(=O)CCCCCCC/C=C\CCCCCCCC. The Labute approximate surface area is 419 Å². The van der Waals surface area contributed by atoms with E-state index in [4.69, 9.17) is 18.9 Å². The van der Waals surface area contributed by atoms with E-state index in [1.807, 2.05) is 0 Å². The van der Waals surface area contributed by atoms with Crippen LogP contribution in [-0.4, -0.2) is 60.6 Å². The summed E-state index contributed by atoms with van der Waals surface area (Å²) in [6, 6.07) is 0. The number of hydrogen-bond donors (Lipinski definition) is 1. The van der Waals surface area contributed by atoms with Gasteiger partial charge in [0.15, 0.2) is 18.3 Å². The minimum absolute atomic E-state index is 0.0103. The Morgan fingerprint density at radius 3 is 1.06 bits per heavy atom. The zero-order chi connectivity index (χ0) is 49.2. The number of hydrogen-bond acceptors (Lipinski definition) is 8. The Kier molecular flexibility index (Phi) is 46.3. The van der Waals surface area contributed by atoms with E-state index in [-0.39, 0.29) is 31.8 Å². The average Bonchev–Trinajstić information content (AvgIpc) is 3.72. The van der Waals surface area contributed by atoms with E-state index in [0.29, 0.717) is 12.8 Å². The van der Waals surface area contributed by atoms with Gasteiger partial charge in [-0.25, -0.2) is 0 Å². The fourth-order valence-electron chi connectivity index (χ4n) is 9.06. The first-order valence-electron chi connectivity index (χ1n) is 29.2. The molecular weight excluding hydrogens is 849 g/mol. The lowest BCUT2D eigenvalue weighted by Gasteiger charge is -2.28. The lowest BCUT2D eigenvalue weighted by atomic mass is 10.1. The highest BCUT2D eigenvalue weighted by Crippen LogP contribution is 2.27. The fraction of sp³-hybridized carbons (Fsp3) is 0.850. The number of unbranched alkanes of at least 4 members (excludes halogenated alkanes) is 33. The molecule has 1 saturated heterocycles. The predicted molar refractivity (Wildman–Crippen MR) is 285 cm³/mol. The second kappa shape index (κ2) is 49.5. The number of carbonyl (C=O) groups is 3. The minimum atomic E-state index is -1.03. The van der Waals surface area contributed by atoms with E-state index in [2.05, 4.69) is 57.2 Å². The summed E-state index contributed by atoms with van der Waals surface area (Å²) < 4.78 is 23.6. The van der Waals surface area contributed by atoms with Crippen LogP contribution in [0.2, 0.25) is 0 Å². The highest BCUT2D eigenvalue weighted by Gasteiger charge is 2.47. The normalized spacial score (nSPS) is 16.7. The molecule has 0 spiro atoms. The van der Waals surface area contributed by atoms with Gasteiger partial charge in [0.25, 0.3) is 0 Å². The molecule has 0 aliphatic carbocycles. The van der Waals surface area contributed by atoms with Gasteiger partial charge >= 0.3 is 17.9 Å². The quantitative estimate of drug-likeness (QED) is 0.0278. The van der Waals surface area contributed by atoms with Crippen molar-refractivity contribution in [1.29, 1.82) is 0 Å². The second-order valence-electron chi connectivity index (χ2n) is 20.0. The van der Waals surface area contributed by atoms with E-state index in [9.17, 15) is 19.5 Å². The predicted octanol–water partition coefficient (Wildman–Crippen LogP) is 17.2. The summed E-state index contributed by atoms with van der Waals surface area (Å²) in [5, 5.41) is 10.4. The van der Waals surface area contributed by atoms with Crippen molar-refractivity contribution in [3.63, 3.8) is 0 Å². The number of aliphatic hydroxyl groups excluding tert-OH is 1. The standard InChI is InChI=1S/C60H108O8/c1-4-7-10-13-16-19-22-25-28-31-34-37-40-43-46-49-56(62)66-54(52-61)59-60(68-58(64)51-48-45-42-39-36-33-30-27-24-21-18-15-12-9-6-3)55(53-65-59)67-57(63)50-47-44-41-38-35-32-29-26-23-20-17-14-11-8-5-2/h25-30,54-55,59-61H,4-24,31-53H2,1-3H3/b28-25-,29-26-,30-27-/t54-,55+,59-,60-/m1/s1. The van der Waals surface area contributed by atoms with Gasteiger partial charge in [-0.2, -0.15) is 0 Å². The van der Waals surface area contributed by atoms with Crippen molar-refractivity contribution in [1.82, 2.24) is 0 Å². The van der Waals surface area contributed by atoms with Crippen LogP contribution in [-0.2, 0) is 33.3 Å². The Morgan fingerprint density at radius 1 is 0.426 bits per heavy atom. The number of carbonyl (C=O) groups excluding carboxylic acids is 3. The molecule has 0 aromatic carbocycles.